The van der Waals surface area contributed by atoms with Crippen molar-refractivity contribution in [1.82, 2.24) is 10.3 Å². The maximum Gasteiger partial charge on any atom is 0.240 e. The molecule has 0 aliphatic heterocycles. The fraction of sp³-hybridized carbons (Fsp3) is 0.412. The summed E-state index contributed by atoms with van der Waals surface area (Å²) in [6.45, 7) is 3.94. The van der Waals surface area contributed by atoms with Crippen molar-refractivity contribution in [2.75, 3.05) is 7.11 Å². The Labute approximate surface area is 152 Å². The lowest BCUT2D eigenvalue weighted by atomic mass is 10.2. The van der Waals surface area contributed by atoms with E-state index in [1.54, 1.807) is 18.4 Å². The van der Waals surface area contributed by atoms with Crippen molar-refractivity contribution in [1.29, 1.82) is 0 Å². The highest BCUT2D eigenvalue weighted by atomic mass is 35.5. The molecule has 1 aromatic heterocycles. The number of thiazole rings is 1. The van der Waals surface area contributed by atoms with Gasteiger partial charge in [0.05, 0.1) is 29.3 Å². The second kappa shape index (κ2) is 7.09. The van der Waals surface area contributed by atoms with Gasteiger partial charge in [0, 0.05) is 5.56 Å². The van der Waals surface area contributed by atoms with Crippen LogP contribution < -0.4 is 15.8 Å². The largest absolute Gasteiger partial charge is 0.497 e. The van der Waals surface area contributed by atoms with Crippen LogP contribution in [0.4, 0.5) is 0 Å². The van der Waals surface area contributed by atoms with Crippen molar-refractivity contribution in [3.8, 4) is 16.3 Å². The van der Waals surface area contributed by atoms with Crippen molar-refractivity contribution in [3.63, 3.8) is 0 Å². The number of hydrogen-bond acceptors (Lipinski definition) is 5. The number of benzene rings is 1. The number of carbonyl (C=O) groups is 1. The summed E-state index contributed by atoms with van der Waals surface area (Å²) in [5, 5.41) is 3.95. The third-order valence-electron chi connectivity index (χ3n) is 4.15. The summed E-state index contributed by atoms with van der Waals surface area (Å²) in [4.78, 5) is 17.8. The Kier molecular flexibility index (Phi) is 5.52. The molecule has 0 bridgehead atoms. The van der Waals surface area contributed by atoms with Crippen LogP contribution in [-0.4, -0.2) is 23.5 Å². The zero-order chi connectivity index (χ0) is 16.6. The van der Waals surface area contributed by atoms with Crippen LogP contribution in [0.1, 0.15) is 36.4 Å². The number of ether oxygens (including phenoxy) is 1. The Hall–Kier alpha value is -1.63. The van der Waals surface area contributed by atoms with Gasteiger partial charge in [-0.3, -0.25) is 4.79 Å². The lowest BCUT2D eigenvalue weighted by molar-refractivity contribution is -0.123. The molecule has 2 aromatic rings. The molecule has 1 aromatic carbocycles. The predicted molar refractivity (Wildman–Crippen MR) is 98.8 cm³/mol. The average Bonchev–Trinajstić information content (AvgIpc) is 3.18. The molecule has 7 heteroatoms. The minimum Gasteiger partial charge on any atom is -0.497 e. The van der Waals surface area contributed by atoms with E-state index in [-0.39, 0.29) is 24.4 Å². The highest BCUT2D eigenvalue weighted by Crippen LogP contribution is 2.35. The third kappa shape index (κ3) is 3.71. The Balaban J connectivity index is 0.00000208. The number of hydrogen-bond donors (Lipinski definition) is 2. The van der Waals surface area contributed by atoms with E-state index in [0.29, 0.717) is 0 Å². The summed E-state index contributed by atoms with van der Waals surface area (Å²) in [7, 11) is 1.65. The zero-order valence-corrected chi connectivity index (χ0v) is 15.6. The van der Waals surface area contributed by atoms with Crippen LogP contribution in [0.15, 0.2) is 24.3 Å². The quantitative estimate of drug-likeness (QED) is 0.850. The molecule has 1 heterocycles. The van der Waals surface area contributed by atoms with Gasteiger partial charge in [-0.2, -0.15) is 0 Å². The van der Waals surface area contributed by atoms with Crippen molar-refractivity contribution < 1.29 is 9.53 Å². The van der Waals surface area contributed by atoms with E-state index in [2.05, 4.69) is 10.3 Å². The van der Waals surface area contributed by atoms with Crippen LogP contribution in [0.25, 0.3) is 10.6 Å². The first kappa shape index (κ1) is 18.7. The smallest absolute Gasteiger partial charge is 0.240 e. The van der Waals surface area contributed by atoms with Gasteiger partial charge in [-0.15, -0.1) is 23.7 Å². The van der Waals surface area contributed by atoms with Crippen LogP contribution in [0.2, 0.25) is 0 Å². The van der Waals surface area contributed by atoms with Crippen LogP contribution in [0, 0.1) is 6.92 Å². The minimum absolute atomic E-state index is 0. The van der Waals surface area contributed by atoms with E-state index >= 15 is 0 Å². The van der Waals surface area contributed by atoms with Gasteiger partial charge in [0.25, 0.3) is 0 Å². The molecule has 24 heavy (non-hydrogen) atoms. The number of halogens is 1. The number of carbonyl (C=O) groups excluding carboxylic acids is 1. The summed E-state index contributed by atoms with van der Waals surface area (Å²) >= 11 is 1.60. The van der Waals surface area contributed by atoms with E-state index in [9.17, 15) is 4.79 Å². The number of nitrogens with two attached hydrogens (primary N) is 1. The maximum absolute atomic E-state index is 12.1. The van der Waals surface area contributed by atoms with Crippen LogP contribution in [-0.2, 0) is 4.79 Å². The van der Waals surface area contributed by atoms with Crippen molar-refractivity contribution in [2.24, 2.45) is 5.73 Å². The Bertz CT molecular complexity index is 726. The van der Waals surface area contributed by atoms with Gasteiger partial charge in [-0.25, -0.2) is 4.98 Å². The SMILES string of the molecule is COc1ccc(-c2nc(C)c(C(C)NC(=O)C3(N)CC3)s2)cc1.Cl. The van der Waals surface area contributed by atoms with E-state index in [1.165, 1.54) is 0 Å². The minimum atomic E-state index is -0.647. The molecule has 1 aliphatic carbocycles. The van der Waals surface area contributed by atoms with E-state index < -0.39 is 5.54 Å². The average molecular weight is 368 g/mol. The second-order valence-electron chi connectivity index (χ2n) is 6.05. The lowest BCUT2D eigenvalue weighted by Crippen LogP contribution is -2.43. The number of nitrogens with zero attached hydrogens (tertiary/aromatic N) is 1. The molecule has 1 unspecified atom stereocenters. The van der Waals surface area contributed by atoms with E-state index in [0.717, 1.165) is 39.7 Å². The summed E-state index contributed by atoms with van der Waals surface area (Å²) in [5.41, 5.74) is 7.28. The molecule has 0 radical (unpaired) electrons. The molecular formula is C17H22ClN3O2S. The van der Waals surface area contributed by atoms with Gasteiger partial charge < -0.3 is 15.8 Å². The molecule has 130 valence electrons. The fourth-order valence-corrected chi connectivity index (χ4v) is 3.51. The molecule has 3 N–H and O–H groups in total. The van der Waals surface area contributed by atoms with Gasteiger partial charge in [-0.05, 0) is 51.0 Å². The normalized spacial score (nSPS) is 16.0. The zero-order valence-electron chi connectivity index (χ0n) is 14.0. The molecule has 0 spiro atoms. The molecule has 1 aliphatic rings. The summed E-state index contributed by atoms with van der Waals surface area (Å²) in [6.07, 6.45) is 1.54. The standard InChI is InChI=1S/C17H21N3O2S.ClH/c1-10-14(11(2)20-16(21)17(18)8-9-17)23-15(19-10)12-4-6-13(22-3)7-5-12;/h4-7,11H,8-9,18H2,1-3H3,(H,20,21);1H. The van der Waals surface area contributed by atoms with E-state index in [4.69, 9.17) is 10.5 Å². The monoisotopic (exact) mass is 367 g/mol. The topological polar surface area (TPSA) is 77.2 Å². The first-order valence-corrected chi connectivity index (χ1v) is 8.46. The first-order valence-electron chi connectivity index (χ1n) is 7.64. The predicted octanol–water partition coefficient (Wildman–Crippen LogP) is 3.22. The molecule has 5 nitrogen and oxygen atoms in total. The van der Waals surface area contributed by atoms with Gasteiger partial charge >= 0.3 is 0 Å². The number of amides is 1. The first-order chi connectivity index (χ1) is 10.9. The molecular weight excluding hydrogens is 346 g/mol. The van der Waals surface area contributed by atoms with Gasteiger partial charge in [0.15, 0.2) is 0 Å². The molecule has 0 saturated heterocycles. The Morgan fingerprint density at radius 3 is 2.54 bits per heavy atom. The second-order valence-corrected chi connectivity index (χ2v) is 7.08. The van der Waals surface area contributed by atoms with Crippen LogP contribution in [0.3, 0.4) is 0 Å². The highest BCUT2D eigenvalue weighted by molar-refractivity contribution is 7.15. The number of rotatable bonds is 5. The summed E-state index contributed by atoms with van der Waals surface area (Å²) in [6, 6.07) is 7.73. The number of methoxy groups -OCH3 is 1. The molecule has 1 saturated carbocycles. The van der Waals surface area contributed by atoms with Crippen molar-refractivity contribution >= 4 is 29.7 Å². The highest BCUT2D eigenvalue weighted by Gasteiger charge is 2.46. The van der Waals surface area contributed by atoms with Gasteiger partial charge in [0.2, 0.25) is 5.91 Å². The molecule has 1 atom stereocenters. The number of aromatic nitrogens is 1. The van der Waals surface area contributed by atoms with Crippen molar-refractivity contribution in [3.05, 3.63) is 34.8 Å². The fourth-order valence-electron chi connectivity index (χ4n) is 2.43. The number of aryl methyl sites for hydroxylation is 1. The van der Waals surface area contributed by atoms with Gasteiger partial charge in [-0.1, -0.05) is 0 Å². The maximum atomic E-state index is 12.1. The molecule has 3 rings (SSSR count). The molecule has 1 amide bonds. The molecule has 1 fully saturated rings. The Morgan fingerprint density at radius 2 is 2.00 bits per heavy atom. The lowest BCUT2D eigenvalue weighted by Gasteiger charge is -2.16. The summed E-state index contributed by atoms with van der Waals surface area (Å²) in [5.74, 6) is 0.754. The van der Waals surface area contributed by atoms with Crippen LogP contribution >= 0.6 is 23.7 Å². The summed E-state index contributed by atoms with van der Waals surface area (Å²) < 4.78 is 5.18. The van der Waals surface area contributed by atoms with Crippen molar-refractivity contribution in [2.45, 2.75) is 38.3 Å². The third-order valence-corrected chi connectivity index (χ3v) is 5.54. The van der Waals surface area contributed by atoms with E-state index in [1.807, 2.05) is 38.1 Å². The van der Waals surface area contributed by atoms with Crippen LogP contribution in [0.5, 0.6) is 5.75 Å². The number of nitrogens with one attached hydrogen (secondary N) is 1. The van der Waals surface area contributed by atoms with Gasteiger partial charge in [0.1, 0.15) is 10.8 Å². The Morgan fingerprint density at radius 1 is 1.38 bits per heavy atom.